The van der Waals surface area contributed by atoms with Gasteiger partial charge in [0.2, 0.25) is 0 Å². The second kappa shape index (κ2) is 8.10. The zero-order chi connectivity index (χ0) is 16.0. The summed E-state index contributed by atoms with van der Waals surface area (Å²) in [6.07, 6.45) is -0.602. The Balaban J connectivity index is 3.38. The number of hydrogen-bond acceptors (Lipinski definition) is 4. The molecule has 0 atom stereocenters. The standard InChI is InChI=1S/C14H17Cl2NO4/c1-4-17(14(19)21-6-3)12-9(13(18)20-5-2)7-8-10(15)11(12)16/h7-8H,4-6H2,1-3H3. The fourth-order valence-corrected chi connectivity index (χ4v) is 2.18. The van der Waals surface area contributed by atoms with Crippen LogP contribution in [0.15, 0.2) is 12.1 Å². The zero-order valence-corrected chi connectivity index (χ0v) is 13.6. The van der Waals surface area contributed by atoms with Gasteiger partial charge in [-0.05, 0) is 32.9 Å². The van der Waals surface area contributed by atoms with Crippen molar-refractivity contribution in [1.82, 2.24) is 0 Å². The number of hydrogen-bond donors (Lipinski definition) is 0. The van der Waals surface area contributed by atoms with Crippen LogP contribution < -0.4 is 4.90 Å². The highest BCUT2D eigenvalue weighted by Gasteiger charge is 2.26. The van der Waals surface area contributed by atoms with E-state index in [0.29, 0.717) is 0 Å². The molecule has 0 aliphatic carbocycles. The van der Waals surface area contributed by atoms with Crippen molar-refractivity contribution in [1.29, 1.82) is 0 Å². The van der Waals surface area contributed by atoms with E-state index in [9.17, 15) is 9.59 Å². The predicted molar refractivity (Wildman–Crippen MR) is 82.5 cm³/mol. The van der Waals surface area contributed by atoms with Crippen molar-refractivity contribution >= 4 is 41.0 Å². The second-order valence-corrected chi connectivity index (χ2v) is 4.71. The van der Waals surface area contributed by atoms with Crippen LogP contribution in [0.1, 0.15) is 31.1 Å². The Kier molecular flexibility index (Phi) is 6.78. The van der Waals surface area contributed by atoms with Crippen molar-refractivity contribution in [2.24, 2.45) is 0 Å². The lowest BCUT2D eigenvalue weighted by atomic mass is 10.1. The number of halogens is 2. The van der Waals surface area contributed by atoms with Crippen LogP contribution in [0, 0.1) is 0 Å². The third-order valence-electron chi connectivity index (χ3n) is 2.64. The molecule has 1 amide bonds. The minimum absolute atomic E-state index is 0.108. The topological polar surface area (TPSA) is 55.8 Å². The maximum absolute atomic E-state index is 12.0. The first-order chi connectivity index (χ1) is 9.97. The van der Waals surface area contributed by atoms with Crippen molar-refractivity contribution in [3.63, 3.8) is 0 Å². The van der Waals surface area contributed by atoms with Gasteiger partial charge in [0.25, 0.3) is 0 Å². The number of esters is 1. The minimum Gasteiger partial charge on any atom is -0.462 e. The third-order valence-corrected chi connectivity index (χ3v) is 3.43. The average Bonchev–Trinajstić information content (AvgIpc) is 2.44. The first-order valence-corrected chi connectivity index (χ1v) is 7.32. The summed E-state index contributed by atoms with van der Waals surface area (Å²) in [5, 5.41) is 0.347. The Morgan fingerprint density at radius 3 is 2.24 bits per heavy atom. The molecule has 0 N–H and O–H groups in total. The molecule has 0 heterocycles. The smallest absolute Gasteiger partial charge is 0.414 e. The van der Waals surface area contributed by atoms with Gasteiger partial charge in [0.15, 0.2) is 0 Å². The van der Waals surface area contributed by atoms with E-state index in [0.717, 1.165) is 0 Å². The molecule has 0 aliphatic heterocycles. The van der Waals surface area contributed by atoms with Gasteiger partial charge in [0.05, 0.1) is 34.5 Å². The molecule has 1 rings (SSSR count). The fraction of sp³-hybridized carbons (Fsp3) is 0.429. The molecular formula is C14H17Cl2NO4. The van der Waals surface area contributed by atoms with Gasteiger partial charge in [-0.15, -0.1) is 0 Å². The monoisotopic (exact) mass is 333 g/mol. The van der Waals surface area contributed by atoms with Crippen molar-refractivity contribution in [3.8, 4) is 0 Å². The number of rotatable bonds is 5. The zero-order valence-electron chi connectivity index (χ0n) is 12.1. The van der Waals surface area contributed by atoms with E-state index in [1.54, 1.807) is 20.8 Å². The molecule has 7 heteroatoms. The highest BCUT2D eigenvalue weighted by Crippen LogP contribution is 2.36. The number of anilines is 1. The molecule has 0 saturated carbocycles. The summed E-state index contributed by atoms with van der Waals surface area (Å²) in [5.41, 5.74) is 0.365. The molecule has 116 valence electrons. The molecule has 1 aromatic rings. The summed E-state index contributed by atoms with van der Waals surface area (Å²) in [5.74, 6) is -0.575. The number of nitrogens with zero attached hydrogens (tertiary/aromatic N) is 1. The lowest BCUT2D eigenvalue weighted by molar-refractivity contribution is 0.0527. The van der Waals surface area contributed by atoms with Crippen LogP contribution in [0.5, 0.6) is 0 Å². The van der Waals surface area contributed by atoms with Crippen LogP contribution >= 0.6 is 23.2 Å². The molecule has 0 unspecified atom stereocenters. The lowest BCUT2D eigenvalue weighted by Gasteiger charge is -2.24. The predicted octanol–water partition coefficient (Wildman–Crippen LogP) is 4.15. The van der Waals surface area contributed by atoms with E-state index >= 15 is 0 Å². The second-order valence-electron chi connectivity index (χ2n) is 3.92. The van der Waals surface area contributed by atoms with E-state index < -0.39 is 12.1 Å². The van der Waals surface area contributed by atoms with Gasteiger partial charge in [0, 0.05) is 6.54 Å². The van der Waals surface area contributed by atoms with Crippen molar-refractivity contribution in [2.45, 2.75) is 20.8 Å². The number of carbonyl (C=O) groups excluding carboxylic acids is 2. The van der Waals surface area contributed by atoms with Gasteiger partial charge >= 0.3 is 12.1 Å². The van der Waals surface area contributed by atoms with E-state index in [4.69, 9.17) is 32.7 Å². The van der Waals surface area contributed by atoms with Crippen LogP contribution in [0.2, 0.25) is 10.0 Å². The molecule has 0 saturated heterocycles. The summed E-state index contributed by atoms with van der Waals surface area (Å²) >= 11 is 12.2. The van der Waals surface area contributed by atoms with Gasteiger partial charge in [-0.3, -0.25) is 4.90 Å². The van der Waals surface area contributed by atoms with E-state index in [2.05, 4.69) is 0 Å². The maximum atomic E-state index is 12.0. The Bertz CT molecular complexity index is 534. The summed E-state index contributed by atoms with van der Waals surface area (Å²) in [4.78, 5) is 25.3. The summed E-state index contributed by atoms with van der Waals surface area (Å²) in [6, 6.07) is 2.96. The minimum atomic E-state index is -0.602. The van der Waals surface area contributed by atoms with Crippen LogP contribution in [0.4, 0.5) is 10.5 Å². The van der Waals surface area contributed by atoms with Crippen LogP contribution in [-0.4, -0.2) is 31.8 Å². The Morgan fingerprint density at radius 1 is 1.10 bits per heavy atom. The Morgan fingerprint density at radius 2 is 1.71 bits per heavy atom. The molecule has 1 aromatic carbocycles. The van der Waals surface area contributed by atoms with Crippen LogP contribution in [0.3, 0.4) is 0 Å². The van der Waals surface area contributed by atoms with Gasteiger partial charge in [-0.25, -0.2) is 9.59 Å². The van der Waals surface area contributed by atoms with Crippen molar-refractivity contribution in [3.05, 3.63) is 27.7 Å². The van der Waals surface area contributed by atoms with Gasteiger partial charge in [0.1, 0.15) is 0 Å². The molecule has 0 aromatic heterocycles. The summed E-state index contributed by atoms with van der Waals surface area (Å²) < 4.78 is 9.95. The Labute approximate surface area is 133 Å². The van der Waals surface area contributed by atoms with Crippen molar-refractivity contribution in [2.75, 3.05) is 24.7 Å². The molecule has 21 heavy (non-hydrogen) atoms. The highest BCUT2D eigenvalue weighted by atomic mass is 35.5. The van der Waals surface area contributed by atoms with E-state index in [-0.39, 0.29) is 41.1 Å². The van der Waals surface area contributed by atoms with Crippen molar-refractivity contribution < 1.29 is 19.1 Å². The quantitative estimate of drug-likeness (QED) is 0.759. The summed E-state index contributed by atoms with van der Waals surface area (Å²) in [7, 11) is 0. The molecule has 0 fully saturated rings. The van der Waals surface area contributed by atoms with E-state index in [1.807, 2.05) is 0 Å². The first-order valence-electron chi connectivity index (χ1n) is 6.57. The number of ether oxygens (including phenoxy) is 2. The molecule has 0 bridgehead atoms. The fourth-order valence-electron chi connectivity index (χ4n) is 1.76. The van der Waals surface area contributed by atoms with Crippen LogP contribution in [0.25, 0.3) is 0 Å². The number of benzene rings is 1. The number of carbonyl (C=O) groups is 2. The van der Waals surface area contributed by atoms with Gasteiger partial charge < -0.3 is 9.47 Å². The molecule has 0 aliphatic rings. The van der Waals surface area contributed by atoms with E-state index in [1.165, 1.54) is 17.0 Å². The molecular weight excluding hydrogens is 317 g/mol. The summed E-state index contributed by atoms with van der Waals surface area (Å²) in [6.45, 7) is 5.82. The maximum Gasteiger partial charge on any atom is 0.414 e. The number of amides is 1. The first kappa shape index (κ1) is 17.6. The molecule has 0 radical (unpaired) electrons. The Hall–Kier alpha value is -1.46. The largest absolute Gasteiger partial charge is 0.462 e. The average molecular weight is 334 g/mol. The highest BCUT2D eigenvalue weighted by molar-refractivity contribution is 6.44. The molecule has 0 spiro atoms. The molecule has 5 nitrogen and oxygen atoms in total. The SMILES string of the molecule is CCOC(=O)c1ccc(Cl)c(Cl)c1N(CC)C(=O)OCC. The lowest BCUT2D eigenvalue weighted by Crippen LogP contribution is -2.33. The van der Waals surface area contributed by atoms with Gasteiger partial charge in [-0.2, -0.15) is 0 Å². The van der Waals surface area contributed by atoms with Crippen LogP contribution in [-0.2, 0) is 9.47 Å². The normalized spacial score (nSPS) is 10.1. The van der Waals surface area contributed by atoms with Gasteiger partial charge in [-0.1, -0.05) is 23.2 Å². The third kappa shape index (κ3) is 4.02.